The third-order valence-electron chi connectivity index (χ3n) is 2.94. The van der Waals surface area contributed by atoms with E-state index in [4.69, 9.17) is 0 Å². The zero-order valence-corrected chi connectivity index (χ0v) is 13.4. The highest BCUT2D eigenvalue weighted by Crippen LogP contribution is 2.20. The number of hydrogen-bond donors (Lipinski definition) is 2. The Morgan fingerprint density at radius 1 is 1.15 bits per heavy atom. The van der Waals surface area contributed by atoms with Crippen LogP contribution >= 0.6 is 15.9 Å². The number of nitrogens with zero attached hydrogens (tertiary/aromatic N) is 1. The highest BCUT2D eigenvalue weighted by Gasteiger charge is 2.14. The van der Waals surface area contributed by atoms with E-state index in [1.165, 1.54) is 0 Å². The fourth-order valence-corrected chi connectivity index (χ4v) is 2.07. The molecule has 0 unspecified atom stereocenters. The van der Waals surface area contributed by atoms with E-state index in [2.05, 4.69) is 45.3 Å². The van der Waals surface area contributed by atoms with Gasteiger partial charge < -0.3 is 15.5 Å². The van der Waals surface area contributed by atoms with Crippen LogP contribution in [0.1, 0.15) is 13.8 Å². The van der Waals surface area contributed by atoms with E-state index < -0.39 is 11.8 Å². The Balaban J connectivity index is 2.40. The van der Waals surface area contributed by atoms with Crippen molar-refractivity contribution in [2.45, 2.75) is 13.8 Å². The SMILES string of the molecule is CCN(CC)CCNC(=O)C(=O)Nc1ccccc1Br. The molecule has 0 saturated heterocycles. The second-order valence-electron chi connectivity index (χ2n) is 4.22. The van der Waals surface area contributed by atoms with Crippen molar-refractivity contribution in [2.24, 2.45) is 0 Å². The number of carbonyl (C=O) groups is 2. The summed E-state index contributed by atoms with van der Waals surface area (Å²) in [5.74, 6) is -1.27. The molecule has 0 heterocycles. The summed E-state index contributed by atoms with van der Waals surface area (Å²) in [4.78, 5) is 25.6. The van der Waals surface area contributed by atoms with E-state index in [9.17, 15) is 9.59 Å². The lowest BCUT2D eigenvalue weighted by molar-refractivity contribution is -0.136. The van der Waals surface area contributed by atoms with E-state index in [-0.39, 0.29) is 0 Å². The Labute approximate surface area is 127 Å². The molecule has 1 aromatic carbocycles. The number of benzene rings is 1. The van der Waals surface area contributed by atoms with Crippen LogP contribution in [-0.2, 0) is 9.59 Å². The van der Waals surface area contributed by atoms with E-state index >= 15 is 0 Å². The number of halogens is 1. The first-order valence-corrected chi connectivity index (χ1v) is 7.43. The first-order valence-electron chi connectivity index (χ1n) is 6.64. The molecule has 0 fully saturated rings. The van der Waals surface area contributed by atoms with Crippen molar-refractivity contribution in [1.82, 2.24) is 10.2 Å². The fourth-order valence-electron chi connectivity index (χ4n) is 1.69. The molecule has 5 nitrogen and oxygen atoms in total. The van der Waals surface area contributed by atoms with Gasteiger partial charge in [0.05, 0.1) is 5.69 Å². The maximum atomic E-state index is 11.7. The summed E-state index contributed by atoms with van der Waals surface area (Å²) in [6.45, 7) is 7.17. The quantitative estimate of drug-likeness (QED) is 0.776. The predicted octanol–water partition coefficient (Wildman–Crippen LogP) is 1.85. The lowest BCUT2D eigenvalue weighted by Crippen LogP contribution is -2.40. The van der Waals surface area contributed by atoms with Crippen molar-refractivity contribution in [2.75, 3.05) is 31.5 Å². The highest BCUT2D eigenvalue weighted by atomic mass is 79.9. The Hall–Kier alpha value is -1.40. The molecule has 0 aliphatic rings. The molecule has 1 rings (SSSR count). The van der Waals surface area contributed by atoms with Gasteiger partial charge in [0.25, 0.3) is 0 Å². The molecule has 110 valence electrons. The van der Waals surface area contributed by atoms with Gasteiger partial charge in [0.15, 0.2) is 0 Å². The summed E-state index contributed by atoms with van der Waals surface area (Å²) in [6.07, 6.45) is 0. The van der Waals surface area contributed by atoms with Crippen LogP contribution < -0.4 is 10.6 Å². The van der Waals surface area contributed by atoms with Crippen LogP contribution in [0.15, 0.2) is 28.7 Å². The van der Waals surface area contributed by atoms with Crippen molar-refractivity contribution in [3.63, 3.8) is 0 Å². The number of para-hydroxylation sites is 1. The topological polar surface area (TPSA) is 61.4 Å². The third kappa shape index (κ3) is 5.30. The van der Waals surface area contributed by atoms with Crippen LogP contribution in [0.5, 0.6) is 0 Å². The lowest BCUT2D eigenvalue weighted by atomic mass is 10.3. The molecule has 1 aromatic rings. The van der Waals surface area contributed by atoms with Crippen molar-refractivity contribution >= 4 is 33.4 Å². The number of carbonyl (C=O) groups excluding carboxylic acids is 2. The molecular weight excluding hydrogens is 322 g/mol. The number of rotatable bonds is 6. The molecule has 0 bridgehead atoms. The van der Waals surface area contributed by atoms with Gasteiger partial charge in [-0.05, 0) is 41.2 Å². The summed E-state index contributed by atoms with van der Waals surface area (Å²) >= 11 is 3.31. The molecule has 6 heteroatoms. The van der Waals surface area contributed by atoms with Crippen molar-refractivity contribution in [3.05, 3.63) is 28.7 Å². The monoisotopic (exact) mass is 341 g/mol. The molecule has 20 heavy (non-hydrogen) atoms. The maximum Gasteiger partial charge on any atom is 0.313 e. The summed E-state index contributed by atoms with van der Waals surface area (Å²) in [7, 11) is 0. The first-order chi connectivity index (χ1) is 9.58. The van der Waals surface area contributed by atoms with Crippen LogP contribution in [0.2, 0.25) is 0 Å². The zero-order valence-electron chi connectivity index (χ0n) is 11.8. The predicted molar refractivity (Wildman–Crippen MR) is 83.6 cm³/mol. The van der Waals surface area contributed by atoms with E-state index in [1.807, 2.05) is 6.07 Å². The molecule has 0 aliphatic heterocycles. The number of nitrogens with one attached hydrogen (secondary N) is 2. The van der Waals surface area contributed by atoms with Crippen LogP contribution in [-0.4, -0.2) is 42.9 Å². The van der Waals surface area contributed by atoms with Gasteiger partial charge >= 0.3 is 11.8 Å². The van der Waals surface area contributed by atoms with Crippen LogP contribution in [0.4, 0.5) is 5.69 Å². The zero-order chi connectivity index (χ0) is 15.0. The number of likely N-dealkylation sites (N-methyl/N-ethyl adjacent to an activating group) is 1. The Bertz CT molecular complexity index is 461. The van der Waals surface area contributed by atoms with Crippen molar-refractivity contribution in [3.8, 4) is 0 Å². The largest absolute Gasteiger partial charge is 0.347 e. The van der Waals surface area contributed by atoms with Crippen LogP contribution in [0.3, 0.4) is 0 Å². The van der Waals surface area contributed by atoms with Gasteiger partial charge in [-0.3, -0.25) is 9.59 Å². The number of anilines is 1. The molecule has 0 saturated carbocycles. The Morgan fingerprint density at radius 2 is 1.80 bits per heavy atom. The molecule has 2 amide bonds. The van der Waals surface area contributed by atoms with Gasteiger partial charge in [-0.2, -0.15) is 0 Å². The second kappa shape index (κ2) is 8.71. The van der Waals surface area contributed by atoms with Gasteiger partial charge in [-0.25, -0.2) is 0 Å². The summed E-state index contributed by atoms with van der Waals surface area (Å²) in [5, 5.41) is 5.18. The van der Waals surface area contributed by atoms with Gasteiger partial charge in [-0.1, -0.05) is 26.0 Å². The second-order valence-corrected chi connectivity index (χ2v) is 5.07. The fraction of sp³-hybridized carbons (Fsp3) is 0.429. The van der Waals surface area contributed by atoms with Gasteiger partial charge in [0.1, 0.15) is 0 Å². The average Bonchev–Trinajstić information content (AvgIpc) is 2.45. The molecule has 2 N–H and O–H groups in total. The van der Waals surface area contributed by atoms with Gasteiger partial charge in [-0.15, -0.1) is 0 Å². The lowest BCUT2D eigenvalue weighted by Gasteiger charge is -2.17. The minimum atomic E-state index is -0.656. The van der Waals surface area contributed by atoms with E-state index in [1.54, 1.807) is 18.2 Å². The van der Waals surface area contributed by atoms with E-state index in [0.29, 0.717) is 12.2 Å². The summed E-state index contributed by atoms with van der Waals surface area (Å²) < 4.78 is 0.740. The molecule has 0 spiro atoms. The van der Waals surface area contributed by atoms with Crippen molar-refractivity contribution in [1.29, 1.82) is 0 Å². The Morgan fingerprint density at radius 3 is 2.40 bits per heavy atom. The number of amides is 2. The van der Waals surface area contributed by atoms with Crippen LogP contribution in [0, 0.1) is 0 Å². The third-order valence-corrected chi connectivity index (χ3v) is 3.63. The minimum Gasteiger partial charge on any atom is -0.347 e. The van der Waals surface area contributed by atoms with Crippen molar-refractivity contribution < 1.29 is 9.59 Å². The average molecular weight is 342 g/mol. The standard InChI is InChI=1S/C14H20BrN3O2/c1-3-18(4-2)10-9-16-13(19)14(20)17-12-8-6-5-7-11(12)15/h5-8H,3-4,9-10H2,1-2H3,(H,16,19)(H,17,20). The normalized spacial score (nSPS) is 10.4. The molecule has 0 atom stereocenters. The maximum absolute atomic E-state index is 11.7. The first kappa shape index (κ1) is 16.7. The highest BCUT2D eigenvalue weighted by molar-refractivity contribution is 9.10. The van der Waals surface area contributed by atoms with Gasteiger partial charge in [0, 0.05) is 17.6 Å². The minimum absolute atomic E-state index is 0.462. The van der Waals surface area contributed by atoms with E-state index in [0.717, 1.165) is 24.1 Å². The smallest absolute Gasteiger partial charge is 0.313 e. The number of hydrogen-bond acceptors (Lipinski definition) is 3. The molecule has 0 aromatic heterocycles. The molecule has 0 radical (unpaired) electrons. The summed E-state index contributed by atoms with van der Waals surface area (Å²) in [6, 6.07) is 7.15. The molecular formula is C14H20BrN3O2. The summed E-state index contributed by atoms with van der Waals surface area (Å²) in [5.41, 5.74) is 0.580. The van der Waals surface area contributed by atoms with Gasteiger partial charge in [0.2, 0.25) is 0 Å². The molecule has 0 aliphatic carbocycles. The Kier molecular flexibility index (Phi) is 7.25. The van der Waals surface area contributed by atoms with Crippen LogP contribution in [0.25, 0.3) is 0 Å².